The lowest BCUT2D eigenvalue weighted by atomic mass is 10.1. The largest absolute Gasteiger partial charge is 0.370 e. The number of rotatable bonds is 5. The maximum Gasteiger partial charge on any atom is 0.188 e. The molecule has 0 spiro atoms. The highest BCUT2D eigenvalue weighted by atomic mass is 19.1. The topological polar surface area (TPSA) is 50.4 Å². The Hall–Kier alpha value is -1.91. The number of hydrogen-bond donors (Lipinski definition) is 2. The third-order valence-corrected chi connectivity index (χ3v) is 2.16. The summed E-state index contributed by atoms with van der Waals surface area (Å²) in [5.74, 6) is -0.849. The number of nitrogens with two attached hydrogens (primary N) is 1. The maximum absolute atomic E-state index is 12.9. The fourth-order valence-electron chi connectivity index (χ4n) is 1.37. The smallest absolute Gasteiger partial charge is 0.188 e. The highest BCUT2D eigenvalue weighted by Crippen LogP contribution is 2.07. The van der Waals surface area contributed by atoms with Gasteiger partial charge in [-0.1, -0.05) is 12.2 Å². The predicted octanol–water partition coefficient (Wildman–Crippen LogP) is 1.99. The molecule has 0 aliphatic rings. The van der Waals surface area contributed by atoms with Crippen molar-refractivity contribution in [3.8, 4) is 0 Å². The lowest BCUT2D eigenvalue weighted by molar-refractivity contribution is 0.579. The molecular formula is C13H17F2N3. The first-order valence-corrected chi connectivity index (χ1v) is 5.60. The first-order valence-electron chi connectivity index (χ1n) is 5.60. The number of benzene rings is 1. The zero-order valence-corrected chi connectivity index (χ0v) is 10.3. The number of nitrogens with one attached hydrogen (secondary N) is 1. The molecular weight excluding hydrogens is 236 g/mol. The van der Waals surface area contributed by atoms with E-state index in [1.54, 1.807) is 0 Å². The van der Waals surface area contributed by atoms with E-state index >= 15 is 0 Å². The third kappa shape index (κ3) is 5.43. The van der Waals surface area contributed by atoms with E-state index in [1.807, 2.05) is 6.92 Å². The van der Waals surface area contributed by atoms with Crippen molar-refractivity contribution in [2.45, 2.75) is 13.3 Å². The Kier molecular flexibility index (Phi) is 5.30. The van der Waals surface area contributed by atoms with E-state index in [2.05, 4.69) is 16.9 Å². The van der Waals surface area contributed by atoms with Crippen LogP contribution in [0, 0.1) is 11.6 Å². The summed E-state index contributed by atoms with van der Waals surface area (Å²) in [6.07, 6.45) is 0.470. The van der Waals surface area contributed by atoms with Crippen molar-refractivity contribution < 1.29 is 8.78 Å². The van der Waals surface area contributed by atoms with Crippen LogP contribution in [0.15, 0.2) is 35.3 Å². The summed E-state index contributed by atoms with van der Waals surface area (Å²) < 4.78 is 25.8. The highest BCUT2D eigenvalue weighted by Gasteiger charge is 2.00. The van der Waals surface area contributed by atoms with Gasteiger partial charge in [0.15, 0.2) is 5.96 Å². The molecule has 0 amide bonds. The van der Waals surface area contributed by atoms with E-state index in [9.17, 15) is 8.78 Å². The van der Waals surface area contributed by atoms with Gasteiger partial charge in [0.25, 0.3) is 0 Å². The van der Waals surface area contributed by atoms with Crippen LogP contribution >= 0.6 is 0 Å². The minimum atomic E-state index is -0.575. The summed E-state index contributed by atoms with van der Waals surface area (Å²) in [5, 5.41) is 2.87. The molecule has 0 fully saturated rings. The number of hydrogen-bond acceptors (Lipinski definition) is 1. The summed E-state index contributed by atoms with van der Waals surface area (Å²) in [5.41, 5.74) is 7.08. The van der Waals surface area contributed by atoms with E-state index in [4.69, 9.17) is 5.73 Å². The fraction of sp³-hybridized carbons (Fsp3) is 0.308. The molecule has 0 aliphatic carbocycles. The van der Waals surface area contributed by atoms with Gasteiger partial charge in [-0.05, 0) is 31.0 Å². The molecule has 0 bridgehead atoms. The van der Waals surface area contributed by atoms with Crippen LogP contribution in [0.1, 0.15) is 12.5 Å². The van der Waals surface area contributed by atoms with Gasteiger partial charge in [-0.2, -0.15) is 0 Å². The van der Waals surface area contributed by atoms with Crippen LogP contribution in [-0.4, -0.2) is 19.0 Å². The van der Waals surface area contributed by atoms with Crippen molar-refractivity contribution in [2.24, 2.45) is 10.7 Å². The molecule has 18 heavy (non-hydrogen) atoms. The van der Waals surface area contributed by atoms with E-state index < -0.39 is 11.6 Å². The zero-order valence-electron chi connectivity index (χ0n) is 10.3. The van der Waals surface area contributed by atoms with Crippen molar-refractivity contribution in [1.29, 1.82) is 0 Å². The fourth-order valence-corrected chi connectivity index (χ4v) is 1.37. The van der Waals surface area contributed by atoms with Gasteiger partial charge in [0.1, 0.15) is 11.6 Å². The Morgan fingerprint density at radius 1 is 1.33 bits per heavy atom. The van der Waals surface area contributed by atoms with Crippen LogP contribution in [-0.2, 0) is 6.42 Å². The monoisotopic (exact) mass is 253 g/mol. The van der Waals surface area contributed by atoms with Gasteiger partial charge in [-0.15, -0.1) is 0 Å². The Balaban J connectivity index is 2.41. The first-order chi connectivity index (χ1) is 8.47. The van der Waals surface area contributed by atoms with Crippen molar-refractivity contribution in [3.63, 3.8) is 0 Å². The minimum absolute atomic E-state index is 0.301. The number of aliphatic imine (C=N–C) groups is 1. The van der Waals surface area contributed by atoms with Gasteiger partial charge in [0, 0.05) is 12.6 Å². The molecule has 5 heteroatoms. The van der Waals surface area contributed by atoms with Gasteiger partial charge >= 0.3 is 0 Å². The van der Waals surface area contributed by atoms with E-state index in [0.717, 1.165) is 11.6 Å². The second kappa shape index (κ2) is 6.74. The molecule has 0 radical (unpaired) electrons. The van der Waals surface area contributed by atoms with Crippen LogP contribution in [0.3, 0.4) is 0 Å². The molecule has 0 aromatic heterocycles. The Labute approximate surface area is 105 Å². The SMILES string of the molecule is C=C(C)CN=C(N)NCCc1cc(F)cc(F)c1. The highest BCUT2D eigenvalue weighted by molar-refractivity contribution is 5.77. The Morgan fingerprint density at radius 2 is 1.94 bits per heavy atom. The first kappa shape index (κ1) is 14.2. The average Bonchev–Trinajstić information content (AvgIpc) is 2.25. The van der Waals surface area contributed by atoms with E-state index in [-0.39, 0.29) is 0 Å². The van der Waals surface area contributed by atoms with Gasteiger partial charge in [-0.3, -0.25) is 0 Å². The summed E-state index contributed by atoms with van der Waals surface area (Å²) in [7, 11) is 0. The molecule has 0 saturated heterocycles. The van der Waals surface area contributed by atoms with Gasteiger partial charge in [-0.25, -0.2) is 13.8 Å². The standard InChI is InChI=1S/C13H17F2N3/c1-9(2)8-18-13(16)17-4-3-10-5-11(14)7-12(15)6-10/h5-7H,1,3-4,8H2,2H3,(H3,16,17,18). The molecule has 3 nitrogen and oxygen atoms in total. The molecule has 98 valence electrons. The number of nitrogens with zero attached hydrogens (tertiary/aromatic N) is 1. The quantitative estimate of drug-likeness (QED) is 0.479. The molecule has 0 heterocycles. The minimum Gasteiger partial charge on any atom is -0.370 e. The Morgan fingerprint density at radius 3 is 2.50 bits per heavy atom. The molecule has 1 aromatic rings. The van der Waals surface area contributed by atoms with Gasteiger partial charge < -0.3 is 11.1 Å². The van der Waals surface area contributed by atoms with Crippen molar-refractivity contribution >= 4 is 5.96 Å². The molecule has 0 atom stereocenters. The number of guanidine groups is 1. The van der Waals surface area contributed by atoms with Crippen LogP contribution in [0.4, 0.5) is 8.78 Å². The summed E-state index contributed by atoms with van der Waals surface area (Å²) in [6.45, 7) is 6.49. The van der Waals surface area contributed by atoms with Crippen molar-refractivity contribution in [2.75, 3.05) is 13.1 Å². The lowest BCUT2D eigenvalue weighted by Gasteiger charge is -2.06. The summed E-state index contributed by atoms with van der Waals surface area (Å²) in [6, 6.07) is 3.44. The van der Waals surface area contributed by atoms with Gasteiger partial charge in [0.05, 0.1) is 6.54 Å². The number of halogens is 2. The average molecular weight is 253 g/mol. The Bertz CT molecular complexity index is 435. The molecule has 0 saturated carbocycles. The molecule has 0 unspecified atom stereocenters. The zero-order chi connectivity index (χ0) is 13.5. The predicted molar refractivity (Wildman–Crippen MR) is 69.4 cm³/mol. The molecule has 3 N–H and O–H groups in total. The molecule has 1 rings (SSSR count). The van der Waals surface area contributed by atoms with Crippen molar-refractivity contribution in [3.05, 3.63) is 47.5 Å². The van der Waals surface area contributed by atoms with Gasteiger partial charge in [0.2, 0.25) is 0 Å². The van der Waals surface area contributed by atoms with Crippen LogP contribution in [0.2, 0.25) is 0 Å². The molecule has 0 aliphatic heterocycles. The summed E-state index contributed by atoms with van der Waals surface area (Å²) in [4.78, 5) is 4.03. The molecule has 1 aromatic carbocycles. The summed E-state index contributed by atoms with van der Waals surface area (Å²) >= 11 is 0. The van der Waals surface area contributed by atoms with Crippen LogP contribution in [0.5, 0.6) is 0 Å². The lowest BCUT2D eigenvalue weighted by Crippen LogP contribution is -2.33. The van der Waals surface area contributed by atoms with Crippen LogP contribution < -0.4 is 11.1 Å². The van der Waals surface area contributed by atoms with Crippen molar-refractivity contribution in [1.82, 2.24) is 5.32 Å². The van der Waals surface area contributed by atoms with E-state index in [0.29, 0.717) is 31.0 Å². The second-order valence-corrected chi connectivity index (χ2v) is 4.11. The van der Waals surface area contributed by atoms with Crippen LogP contribution in [0.25, 0.3) is 0 Å². The maximum atomic E-state index is 12.9. The second-order valence-electron chi connectivity index (χ2n) is 4.11. The third-order valence-electron chi connectivity index (χ3n) is 2.16. The normalized spacial score (nSPS) is 11.4. The van der Waals surface area contributed by atoms with E-state index in [1.165, 1.54) is 12.1 Å².